The lowest BCUT2D eigenvalue weighted by atomic mass is 10.3. The van der Waals surface area contributed by atoms with Gasteiger partial charge in [0.1, 0.15) is 0 Å². The predicted octanol–water partition coefficient (Wildman–Crippen LogP) is 1.36. The van der Waals surface area contributed by atoms with Gasteiger partial charge in [0.05, 0.1) is 5.56 Å². The van der Waals surface area contributed by atoms with Gasteiger partial charge in [-0.2, -0.15) is 0 Å². The fraction of sp³-hybridized carbons (Fsp3) is 0. The predicted molar refractivity (Wildman–Crippen MR) is 47.7 cm³/mol. The van der Waals surface area contributed by atoms with E-state index in [2.05, 4.69) is 20.9 Å². The van der Waals surface area contributed by atoms with Crippen LogP contribution >= 0.6 is 28.3 Å². The molecule has 11 heavy (non-hydrogen) atoms. The van der Waals surface area contributed by atoms with Crippen molar-refractivity contribution < 1.29 is 4.79 Å². The molecule has 0 aromatic carbocycles. The van der Waals surface area contributed by atoms with Crippen LogP contribution in [0, 0.1) is 0 Å². The molecule has 0 saturated carbocycles. The Bertz CT molecular complexity index is 267. The number of halogens is 2. The molecule has 0 aliphatic rings. The minimum atomic E-state index is -0.464. The van der Waals surface area contributed by atoms with Crippen LogP contribution in [0.5, 0.6) is 0 Å². The number of hydrogen-bond acceptors (Lipinski definition) is 2. The third kappa shape index (κ3) is 2.86. The van der Waals surface area contributed by atoms with E-state index in [0.29, 0.717) is 5.56 Å². The molecule has 0 spiro atoms. The van der Waals surface area contributed by atoms with Crippen LogP contribution in [0.4, 0.5) is 0 Å². The van der Waals surface area contributed by atoms with E-state index in [1.54, 1.807) is 12.3 Å². The maximum absolute atomic E-state index is 10.5. The van der Waals surface area contributed by atoms with Gasteiger partial charge in [-0.25, -0.2) is 0 Å². The van der Waals surface area contributed by atoms with Crippen molar-refractivity contribution in [2.24, 2.45) is 5.73 Å². The number of hydrogen-bond donors (Lipinski definition) is 1. The molecular formula is C6H6BrClN2O. The van der Waals surface area contributed by atoms with E-state index in [1.807, 2.05) is 0 Å². The summed E-state index contributed by atoms with van der Waals surface area (Å²) in [5.74, 6) is -0.464. The zero-order chi connectivity index (χ0) is 7.56. The van der Waals surface area contributed by atoms with E-state index in [-0.39, 0.29) is 12.4 Å². The summed E-state index contributed by atoms with van der Waals surface area (Å²) in [4.78, 5) is 14.3. The molecule has 1 amide bonds. The number of aromatic nitrogens is 1. The number of nitrogens with two attached hydrogens (primary N) is 1. The van der Waals surface area contributed by atoms with Gasteiger partial charge >= 0.3 is 0 Å². The van der Waals surface area contributed by atoms with Crippen LogP contribution in [0.1, 0.15) is 10.4 Å². The van der Waals surface area contributed by atoms with Crippen LogP contribution in [0.2, 0.25) is 0 Å². The first-order valence-electron chi connectivity index (χ1n) is 2.60. The van der Waals surface area contributed by atoms with Crippen molar-refractivity contribution in [3.05, 3.63) is 28.5 Å². The maximum Gasteiger partial charge on any atom is 0.250 e. The number of primary amides is 1. The molecule has 3 nitrogen and oxygen atoms in total. The summed E-state index contributed by atoms with van der Waals surface area (Å²) in [6, 6.07) is 1.62. The minimum Gasteiger partial charge on any atom is -0.366 e. The molecular weight excluding hydrogens is 231 g/mol. The van der Waals surface area contributed by atoms with Crippen LogP contribution in [-0.2, 0) is 0 Å². The number of amides is 1. The van der Waals surface area contributed by atoms with E-state index in [9.17, 15) is 4.79 Å². The topological polar surface area (TPSA) is 56.0 Å². The Balaban J connectivity index is 0.000001000. The van der Waals surface area contributed by atoms with Crippen molar-refractivity contribution in [3.8, 4) is 0 Å². The first kappa shape index (κ1) is 10.4. The lowest BCUT2D eigenvalue weighted by molar-refractivity contribution is 0.1000. The van der Waals surface area contributed by atoms with E-state index < -0.39 is 5.91 Å². The van der Waals surface area contributed by atoms with Gasteiger partial charge in [0.2, 0.25) is 5.91 Å². The molecule has 0 fully saturated rings. The third-order valence-corrected chi connectivity index (χ3v) is 1.42. The normalized spacial score (nSPS) is 8.45. The molecule has 1 aromatic heterocycles. The zero-order valence-corrected chi connectivity index (χ0v) is 7.85. The summed E-state index contributed by atoms with van der Waals surface area (Å²) in [7, 11) is 0. The summed E-state index contributed by atoms with van der Waals surface area (Å²) in [5.41, 5.74) is 5.39. The zero-order valence-electron chi connectivity index (χ0n) is 5.45. The molecule has 2 N–H and O–H groups in total. The summed E-state index contributed by atoms with van der Waals surface area (Å²) in [6.45, 7) is 0. The standard InChI is InChI=1S/C6H5BrN2O.ClH/c7-5-1-4(6(8)10)2-9-3-5;/h1-3H,(H2,8,10);1H. The van der Waals surface area contributed by atoms with Crippen molar-refractivity contribution in [3.63, 3.8) is 0 Å². The fourth-order valence-electron chi connectivity index (χ4n) is 0.547. The quantitative estimate of drug-likeness (QED) is 0.802. The second kappa shape index (κ2) is 4.31. The summed E-state index contributed by atoms with van der Waals surface area (Å²) in [5, 5.41) is 0. The monoisotopic (exact) mass is 236 g/mol. The molecule has 1 heterocycles. The average molecular weight is 237 g/mol. The van der Waals surface area contributed by atoms with Gasteiger partial charge < -0.3 is 5.73 Å². The first-order valence-corrected chi connectivity index (χ1v) is 3.40. The SMILES string of the molecule is Cl.NC(=O)c1cncc(Br)c1. The van der Waals surface area contributed by atoms with Crippen molar-refractivity contribution in [1.82, 2.24) is 4.98 Å². The molecule has 60 valence electrons. The molecule has 0 radical (unpaired) electrons. The van der Waals surface area contributed by atoms with Crippen LogP contribution in [-0.4, -0.2) is 10.9 Å². The second-order valence-corrected chi connectivity index (χ2v) is 2.67. The Morgan fingerprint density at radius 2 is 2.18 bits per heavy atom. The molecule has 0 bridgehead atoms. The Morgan fingerprint density at radius 1 is 1.55 bits per heavy atom. The number of carbonyl (C=O) groups excluding carboxylic acids is 1. The third-order valence-electron chi connectivity index (χ3n) is 0.989. The Kier molecular flexibility index (Phi) is 4.07. The Morgan fingerprint density at radius 3 is 2.55 bits per heavy atom. The smallest absolute Gasteiger partial charge is 0.250 e. The summed E-state index contributed by atoms with van der Waals surface area (Å²) in [6.07, 6.45) is 3.01. The molecule has 1 rings (SSSR count). The van der Waals surface area contributed by atoms with Gasteiger partial charge in [-0.05, 0) is 22.0 Å². The highest BCUT2D eigenvalue weighted by molar-refractivity contribution is 9.10. The molecule has 0 aliphatic carbocycles. The minimum absolute atomic E-state index is 0. The average Bonchev–Trinajstić information content (AvgIpc) is 1.88. The van der Waals surface area contributed by atoms with Gasteiger partial charge in [0.15, 0.2) is 0 Å². The highest BCUT2D eigenvalue weighted by Gasteiger charge is 1.98. The lowest BCUT2D eigenvalue weighted by Crippen LogP contribution is -2.10. The van der Waals surface area contributed by atoms with Crippen LogP contribution in [0.15, 0.2) is 22.9 Å². The van der Waals surface area contributed by atoms with Gasteiger partial charge in [-0.3, -0.25) is 9.78 Å². The van der Waals surface area contributed by atoms with E-state index in [4.69, 9.17) is 5.73 Å². The summed E-state index contributed by atoms with van der Waals surface area (Å²) >= 11 is 3.16. The largest absolute Gasteiger partial charge is 0.366 e. The lowest BCUT2D eigenvalue weighted by Gasteiger charge is -1.92. The van der Waals surface area contributed by atoms with Crippen LogP contribution < -0.4 is 5.73 Å². The number of carbonyl (C=O) groups is 1. The Hall–Kier alpha value is -0.610. The van der Waals surface area contributed by atoms with Crippen molar-refractivity contribution >= 4 is 34.2 Å². The van der Waals surface area contributed by atoms with E-state index >= 15 is 0 Å². The molecule has 0 atom stereocenters. The molecule has 0 unspecified atom stereocenters. The van der Waals surface area contributed by atoms with Crippen LogP contribution in [0.25, 0.3) is 0 Å². The van der Waals surface area contributed by atoms with Gasteiger partial charge in [-0.1, -0.05) is 0 Å². The maximum atomic E-state index is 10.5. The summed E-state index contributed by atoms with van der Waals surface area (Å²) < 4.78 is 0.754. The van der Waals surface area contributed by atoms with E-state index in [0.717, 1.165) is 4.47 Å². The second-order valence-electron chi connectivity index (χ2n) is 1.76. The highest BCUT2D eigenvalue weighted by atomic mass is 79.9. The van der Waals surface area contributed by atoms with Crippen LogP contribution in [0.3, 0.4) is 0 Å². The fourth-order valence-corrected chi connectivity index (χ4v) is 0.911. The van der Waals surface area contributed by atoms with Gasteiger partial charge in [0, 0.05) is 16.9 Å². The number of rotatable bonds is 1. The molecule has 5 heteroatoms. The molecule has 1 aromatic rings. The Labute approximate surface area is 78.5 Å². The highest BCUT2D eigenvalue weighted by Crippen LogP contribution is 2.08. The number of nitrogens with zero attached hydrogens (tertiary/aromatic N) is 1. The first-order chi connectivity index (χ1) is 4.70. The number of pyridine rings is 1. The molecule has 0 aliphatic heterocycles. The van der Waals surface area contributed by atoms with Gasteiger partial charge in [-0.15, -0.1) is 12.4 Å². The van der Waals surface area contributed by atoms with Crippen molar-refractivity contribution in [2.75, 3.05) is 0 Å². The van der Waals surface area contributed by atoms with Gasteiger partial charge in [0.25, 0.3) is 0 Å². The van der Waals surface area contributed by atoms with E-state index in [1.165, 1.54) is 6.20 Å². The van der Waals surface area contributed by atoms with Crippen molar-refractivity contribution in [2.45, 2.75) is 0 Å². The molecule has 0 saturated heterocycles. The van der Waals surface area contributed by atoms with Crippen molar-refractivity contribution in [1.29, 1.82) is 0 Å².